The Morgan fingerprint density at radius 3 is 2.57 bits per heavy atom. The van der Waals surface area contributed by atoms with E-state index in [9.17, 15) is 8.42 Å². The third-order valence-electron chi connectivity index (χ3n) is 1.44. The van der Waals surface area contributed by atoms with Crippen LogP contribution in [-0.4, -0.2) is 25.3 Å². The van der Waals surface area contributed by atoms with Crippen LogP contribution in [0.2, 0.25) is 0 Å². The van der Waals surface area contributed by atoms with Gasteiger partial charge in [0.25, 0.3) is 10.1 Å². The van der Waals surface area contributed by atoms with Crippen LogP contribution in [0, 0.1) is 0 Å². The van der Waals surface area contributed by atoms with Crippen molar-refractivity contribution < 1.29 is 17.7 Å². The van der Waals surface area contributed by atoms with Gasteiger partial charge in [-0.1, -0.05) is 12.1 Å². The highest BCUT2D eigenvalue weighted by Gasteiger charge is 2.05. The molecule has 4 nitrogen and oxygen atoms in total. The average molecular weight is 281 g/mol. The number of ether oxygens (including phenoxy) is 1. The normalized spacial score (nSPS) is 11.3. The Hall–Kier alpha value is -0.590. The highest BCUT2D eigenvalue weighted by Crippen LogP contribution is 2.23. The maximum Gasteiger partial charge on any atom is 0.268 e. The van der Waals surface area contributed by atoms with Gasteiger partial charge in [-0.25, -0.2) is 0 Å². The first-order valence-corrected chi connectivity index (χ1v) is 6.22. The quantitative estimate of drug-likeness (QED) is 0.853. The van der Waals surface area contributed by atoms with Crippen LogP contribution >= 0.6 is 15.9 Å². The number of para-hydroxylation sites is 1. The van der Waals surface area contributed by atoms with Crippen LogP contribution in [0.5, 0.6) is 5.75 Å². The van der Waals surface area contributed by atoms with E-state index in [4.69, 9.17) is 9.29 Å². The van der Waals surface area contributed by atoms with Gasteiger partial charge in [0.1, 0.15) is 18.1 Å². The van der Waals surface area contributed by atoms with Crippen LogP contribution in [0.3, 0.4) is 0 Å². The zero-order valence-corrected chi connectivity index (χ0v) is 9.58. The maximum absolute atomic E-state index is 10.4. The number of rotatable bonds is 4. The van der Waals surface area contributed by atoms with E-state index in [2.05, 4.69) is 15.9 Å². The molecular weight excluding hydrogens is 272 g/mol. The molecule has 0 saturated heterocycles. The third kappa shape index (κ3) is 4.08. The summed E-state index contributed by atoms with van der Waals surface area (Å²) in [6.45, 7) is -0.0680. The minimum absolute atomic E-state index is 0.0680. The minimum atomic E-state index is -3.95. The van der Waals surface area contributed by atoms with Gasteiger partial charge in [0.2, 0.25) is 0 Å². The van der Waals surface area contributed by atoms with Crippen molar-refractivity contribution in [2.45, 2.75) is 0 Å². The van der Waals surface area contributed by atoms with Gasteiger partial charge >= 0.3 is 0 Å². The van der Waals surface area contributed by atoms with E-state index < -0.39 is 15.9 Å². The van der Waals surface area contributed by atoms with E-state index in [1.54, 1.807) is 18.2 Å². The molecule has 0 heterocycles. The van der Waals surface area contributed by atoms with Crippen LogP contribution in [0.15, 0.2) is 28.7 Å². The van der Waals surface area contributed by atoms with Crippen LogP contribution in [0.25, 0.3) is 0 Å². The molecule has 1 aromatic rings. The smallest absolute Gasteiger partial charge is 0.268 e. The van der Waals surface area contributed by atoms with Crippen LogP contribution in [-0.2, 0) is 10.1 Å². The van der Waals surface area contributed by atoms with E-state index >= 15 is 0 Å². The predicted octanol–water partition coefficient (Wildman–Crippen LogP) is 1.72. The Morgan fingerprint density at radius 1 is 1.36 bits per heavy atom. The molecule has 6 heteroatoms. The maximum atomic E-state index is 10.4. The van der Waals surface area contributed by atoms with Crippen molar-refractivity contribution in [2.24, 2.45) is 0 Å². The van der Waals surface area contributed by atoms with Crippen molar-refractivity contribution in [1.29, 1.82) is 0 Å². The summed E-state index contributed by atoms with van der Waals surface area (Å²) in [5.74, 6) is 0.144. The molecule has 1 aromatic carbocycles. The first-order valence-electron chi connectivity index (χ1n) is 3.81. The zero-order valence-electron chi connectivity index (χ0n) is 7.18. The van der Waals surface area contributed by atoms with Gasteiger partial charge < -0.3 is 4.74 Å². The summed E-state index contributed by atoms with van der Waals surface area (Å²) in [4.78, 5) is 0. The minimum Gasteiger partial charge on any atom is -0.491 e. The summed E-state index contributed by atoms with van der Waals surface area (Å²) in [6, 6.07) is 7.07. The van der Waals surface area contributed by atoms with Gasteiger partial charge in [0, 0.05) is 0 Å². The fraction of sp³-hybridized carbons (Fsp3) is 0.250. The second-order valence-electron chi connectivity index (χ2n) is 2.56. The Morgan fingerprint density at radius 2 is 2.00 bits per heavy atom. The van der Waals surface area contributed by atoms with E-state index in [0.717, 1.165) is 4.47 Å². The second kappa shape index (κ2) is 4.77. The third-order valence-corrected chi connectivity index (χ3v) is 2.77. The first-order chi connectivity index (χ1) is 6.49. The fourth-order valence-corrected chi connectivity index (χ4v) is 1.51. The van der Waals surface area contributed by atoms with Crippen LogP contribution in [0.4, 0.5) is 0 Å². The van der Waals surface area contributed by atoms with E-state index in [-0.39, 0.29) is 6.61 Å². The summed E-state index contributed by atoms with van der Waals surface area (Å²) in [7, 11) is -3.95. The molecule has 0 amide bonds. The van der Waals surface area contributed by atoms with Gasteiger partial charge in [-0.3, -0.25) is 4.55 Å². The molecule has 0 spiro atoms. The summed E-state index contributed by atoms with van der Waals surface area (Å²) in [6.07, 6.45) is 0. The molecular formula is C8H9BrO4S. The lowest BCUT2D eigenvalue weighted by molar-refractivity contribution is 0.334. The summed E-state index contributed by atoms with van der Waals surface area (Å²) < 4.78 is 35.1. The molecule has 0 bridgehead atoms. The molecule has 1 N–H and O–H groups in total. The zero-order chi connectivity index (χ0) is 10.6. The van der Waals surface area contributed by atoms with Crippen molar-refractivity contribution in [3.63, 3.8) is 0 Å². The lowest BCUT2D eigenvalue weighted by Gasteiger charge is -2.05. The molecule has 0 atom stereocenters. The van der Waals surface area contributed by atoms with Gasteiger partial charge in [0.15, 0.2) is 0 Å². The van der Waals surface area contributed by atoms with Crippen molar-refractivity contribution in [2.75, 3.05) is 12.4 Å². The van der Waals surface area contributed by atoms with E-state index in [0.29, 0.717) is 5.75 Å². The largest absolute Gasteiger partial charge is 0.491 e. The Kier molecular flexibility index (Phi) is 3.91. The molecule has 0 aromatic heterocycles. The van der Waals surface area contributed by atoms with Crippen LogP contribution < -0.4 is 4.74 Å². The van der Waals surface area contributed by atoms with Gasteiger partial charge in [0.05, 0.1) is 4.47 Å². The number of hydrogen-bond donors (Lipinski definition) is 1. The van der Waals surface area contributed by atoms with Crippen molar-refractivity contribution >= 4 is 26.0 Å². The molecule has 78 valence electrons. The fourth-order valence-electron chi connectivity index (χ4n) is 0.819. The number of benzene rings is 1. The standard InChI is InChI=1S/C8H9BrO4S/c9-7-3-1-2-4-8(7)13-5-6-14(10,11)12/h1-4H,5-6H2,(H,10,11,12). The SMILES string of the molecule is O=S(=O)(O)CCOc1ccccc1Br. The molecule has 14 heavy (non-hydrogen) atoms. The molecule has 0 radical (unpaired) electrons. The summed E-state index contributed by atoms with van der Waals surface area (Å²) >= 11 is 3.24. The highest BCUT2D eigenvalue weighted by molar-refractivity contribution is 9.10. The average Bonchev–Trinajstić information content (AvgIpc) is 2.06. The lowest BCUT2D eigenvalue weighted by atomic mass is 10.3. The van der Waals surface area contributed by atoms with Crippen LogP contribution in [0.1, 0.15) is 0 Å². The van der Waals surface area contributed by atoms with Crippen molar-refractivity contribution in [3.05, 3.63) is 28.7 Å². The number of halogens is 1. The first kappa shape index (κ1) is 11.5. The Balaban J connectivity index is 2.51. The van der Waals surface area contributed by atoms with E-state index in [1.165, 1.54) is 0 Å². The van der Waals surface area contributed by atoms with Gasteiger partial charge in [-0.05, 0) is 28.1 Å². The molecule has 0 aliphatic carbocycles. The summed E-state index contributed by atoms with van der Waals surface area (Å²) in [5, 5.41) is 0. The van der Waals surface area contributed by atoms with Gasteiger partial charge in [-0.15, -0.1) is 0 Å². The van der Waals surface area contributed by atoms with Crippen molar-refractivity contribution in [1.82, 2.24) is 0 Å². The molecule has 0 aliphatic rings. The molecule has 0 saturated carbocycles. The van der Waals surface area contributed by atoms with Crippen molar-refractivity contribution in [3.8, 4) is 5.75 Å². The monoisotopic (exact) mass is 280 g/mol. The summed E-state index contributed by atoms with van der Waals surface area (Å²) in [5.41, 5.74) is 0. The number of hydrogen-bond acceptors (Lipinski definition) is 3. The highest BCUT2D eigenvalue weighted by atomic mass is 79.9. The molecule has 0 unspecified atom stereocenters. The molecule has 0 aliphatic heterocycles. The topological polar surface area (TPSA) is 63.6 Å². The Bertz CT molecular complexity index is 402. The van der Waals surface area contributed by atoms with Gasteiger partial charge in [-0.2, -0.15) is 8.42 Å². The predicted molar refractivity (Wildman–Crippen MR) is 56.1 cm³/mol. The van der Waals surface area contributed by atoms with E-state index in [1.807, 2.05) is 6.07 Å². The molecule has 1 rings (SSSR count). The second-order valence-corrected chi connectivity index (χ2v) is 4.99. The lowest BCUT2D eigenvalue weighted by Crippen LogP contribution is -2.12. The molecule has 0 fully saturated rings. The Labute approximate surface area is 90.8 Å².